The summed E-state index contributed by atoms with van der Waals surface area (Å²) in [5, 5.41) is 5.43. The van der Waals surface area contributed by atoms with Gasteiger partial charge in [-0.15, -0.1) is 11.8 Å². The van der Waals surface area contributed by atoms with Crippen LogP contribution in [-0.4, -0.2) is 66.1 Å². The van der Waals surface area contributed by atoms with E-state index in [1.165, 1.54) is 23.6 Å². The standard InChI is InChI=1S/C17H29N3O4S/c1-13(21)7-11-25-14-12-16(23)20(17(14)24)10-5-3-4-6-15(22)19-9-8-18-2/h14,18H,3-12H2,1-2H3,(H,19,22). The van der Waals surface area contributed by atoms with Crippen LogP contribution in [0.15, 0.2) is 0 Å². The normalized spacial score (nSPS) is 17.2. The van der Waals surface area contributed by atoms with E-state index in [2.05, 4.69) is 10.6 Å². The van der Waals surface area contributed by atoms with Crippen molar-refractivity contribution in [1.29, 1.82) is 0 Å². The molecule has 0 aromatic heterocycles. The average Bonchev–Trinajstić information content (AvgIpc) is 2.82. The second kappa shape index (κ2) is 12.0. The highest BCUT2D eigenvalue weighted by Gasteiger charge is 2.38. The Hall–Kier alpha value is -1.41. The van der Waals surface area contributed by atoms with E-state index >= 15 is 0 Å². The molecule has 0 radical (unpaired) electrons. The van der Waals surface area contributed by atoms with Crippen molar-refractivity contribution in [3.8, 4) is 0 Å². The molecule has 1 unspecified atom stereocenters. The van der Waals surface area contributed by atoms with E-state index in [0.717, 1.165) is 19.4 Å². The lowest BCUT2D eigenvalue weighted by Crippen LogP contribution is -2.32. The monoisotopic (exact) mass is 371 g/mol. The van der Waals surface area contributed by atoms with Crippen molar-refractivity contribution in [2.75, 3.05) is 32.4 Å². The number of likely N-dealkylation sites (N-methyl/N-ethyl adjacent to an activating group) is 1. The van der Waals surface area contributed by atoms with Crippen molar-refractivity contribution < 1.29 is 19.2 Å². The fourth-order valence-corrected chi connectivity index (χ4v) is 3.73. The SMILES string of the molecule is CNCCNC(=O)CCCCCN1C(=O)CC(SCCC(C)=O)C1=O. The molecule has 142 valence electrons. The number of rotatable bonds is 13. The maximum absolute atomic E-state index is 12.2. The Balaban J connectivity index is 2.17. The highest BCUT2D eigenvalue weighted by atomic mass is 32.2. The lowest BCUT2D eigenvalue weighted by atomic mass is 10.2. The molecular formula is C17H29N3O4S. The van der Waals surface area contributed by atoms with Crippen LogP contribution in [-0.2, 0) is 19.2 Å². The largest absolute Gasteiger partial charge is 0.355 e. The van der Waals surface area contributed by atoms with Gasteiger partial charge in [-0.3, -0.25) is 24.1 Å². The molecular weight excluding hydrogens is 342 g/mol. The van der Waals surface area contributed by atoms with Crippen LogP contribution < -0.4 is 10.6 Å². The highest BCUT2D eigenvalue weighted by Crippen LogP contribution is 2.26. The summed E-state index contributed by atoms with van der Waals surface area (Å²) >= 11 is 1.39. The molecule has 0 aliphatic carbocycles. The number of imide groups is 1. The summed E-state index contributed by atoms with van der Waals surface area (Å²) in [6.45, 7) is 3.31. The van der Waals surface area contributed by atoms with Gasteiger partial charge in [0.2, 0.25) is 17.7 Å². The minimum absolute atomic E-state index is 0.0329. The van der Waals surface area contributed by atoms with Crippen LogP contribution in [0.1, 0.15) is 45.4 Å². The van der Waals surface area contributed by atoms with Gasteiger partial charge in [0.25, 0.3) is 0 Å². The lowest BCUT2D eigenvalue weighted by Gasteiger charge is -2.14. The molecule has 0 aromatic carbocycles. The molecule has 25 heavy (non-hydrogen) atoms. The van der Waals surface area contributed by atoms with Crippen LogP contribution in [0.5, 0.6) is 0 Å². The number of carbonyl (C=O) groups is 4. The van der Waals surface area contributed by atoms with Gasteiger partial charge in [-0.1, -0.05) is 6.42 Å². The Morgan fingerprint density at radius 2 is 1.92 bits per heavy atom. The third kappa shape index (κ3) is 8.49. The number of hydrogen-bond donors (Lipinski definition) is 2. The van der Waals surface area contributed by atoms with Gasteiger partial charge in [0.05, 0.1) is 5.25 Å². The summed E-state index contributed by atoms with van der Waals surface area (Å²) in [7, 11) is 1.83. The van der Waals surface area contributed by atoms with Gasteiger partial charge in [-0.2, -0.15) is 0 Å². The minimum atomic E-state index is -0.343. The molecule has 1 aliphatic heterocycles. The Labute approximate surface area is 153 Å². The molecule has 3 amide bonds. The van der Waals surface area contributed by atoms with Crippen molar-refractivity contribution in [3.63, 3.8) is 0 Å². The van der Waals surface area contributed by atoms with Gasteiger partial charge >= 0.3 is 0 Å². The van der Waals surface area contributed by atoms with Crippen molar-refractivity contribution in [2.45, 2.75) is 50.7 Å². The molecule has 7 nitrogen and oxygen atoms in total. The highest BCUT2D eigenvalue weighted by molar-refractivity contribution is 8.00. The number of likely N-dealkylation sites (tertiary alicyclic amines) is 1. The zero-order chi connectivity index (χ0) is 18.7. The molecule has 1 aliphatic rings. The van der Waals surface area contributed by atoms with Gasteiger partial charge in [0.15, 0.2) is 0 Å². The molecule has 1 rings (SSSR count). The van der Waals surface area contributed by atoms with Crippen molar-refractivity contribution >= 4 is 35.3 Å². The first kappa shape index (κ1) is 21.6. The van der Waals surface area contributed by atoms with E-state index in [-0.39, 0.29) is 35.2 Å². The first-order chi connectivity index (χ1) is 12.0. The first-order valence-electron chi connectivity index (χ1n) is 8.82. The Morgan fingerprint density at radius 3 is 2.60 bits per heavy atom. The van der Waals surface area contributed by atoms with E-state index < -0.39 is 0 Å². The molecule has 0 bridgehead atoms. The summed E-state index contributed by atoms with van der Waals surface area (Å²) < 4.78 is 0. The number of hydrogen-bond acceptors (Lipinski definition) is 6. The van der Waals surface area contributed by atoms with Crippen molar-refractivity contribution in [1.82, 2.24) is 15.5 Å². The van der Waals surface area contributed by atoms with Gasteiger partial charge in [-0.05, 0) is 26.8 Å². The summed E-state index contributed by atoms with van der Waals surface area (Å²) in [6.07, 6.45) is 3.40. The van der Waals surface area contributed by atoms with Crippen LogP contribution in [0.4, 0.5) is 0 Å². The van der Waals surface area contributed by atoms with E-state index in [0.29, 0.717) is 38.1 Å². The molecule has 1 saturated heterocycles. The van der Waals surface area contributed by atoms with E-state index in [1.54, 1.807) is 0 Å². The van der Waals surface area contributed by atoms with E-state index in [9.17, 15) is 19.2 Å². The van der Waals surface area contributed by atoms with Crippen molar-refractivity contribution in [2.24, 2.45) is 0 Å². The van der Waals surface area contributed by atoms with E-state index in [1.807, 2.05) is 7.05 Å². The first-order valence-corrected chi connectivity index (χ1v) is 9.87. The predicted octanol–water partition coefficient (Wildman–Crippen LogP) is 0.722. The van der Waals surface area contributed by atoms with E-state index in [4.69, 9.17) is 0 Å². The summed E-state index contributed by atoms with van der Waals surface area (Å²) in [5.41, 5.74) is 0. The summed E-state index contributed by atoms with van der Waals surface area (Å²) in [6, 6.07) is 0. The van der Waals surface area contributed by atoms with Crippen LogP contribution in [0.3, 0.4) is 0 Å². The fourth-order valence-electron chi connectivity index (χ4n) is 2.51. The van der Waals surface area contributed by atoms with Gasteiger partial charge in [0, 0.05) is 44.6 Å². The number of amides is 3. The quantitative estimate of drug-likeness (QED) is 0.366. The molecule has 0 saturated carbocycles. The number of nitrogens with one attached hydrogen (secondary N) is 2. The van der Waals surface area contributed by atoms with Crippen molar-refractivity contribution in [3.05, 3.63) is 0 Å². The zero-order valence-corrected chi connectivity index (χ0v) is 16.0. The topological polar surface area (TPSA) is 95.6 Å². The molecule has 2 N–H and O–H groups in total. The minimum Gasteiger partial charge on any atom is -0.355 e. The number of unbranched alkanes of at least 4 members (excludes halogenated alkanes) is 2. The lowest BCUT2D eigenvalue weighted by molar-refractivity contribution is -0.138. The molecule has 1 fully saturated rings. The fraction of sp³-hybridized carbons (Fsp3) is 0.765. The number of carbonyl (C=O) groups excluding carboxylic acids is 4. The van der Waals surface area contributed by atoms with Gasteiger partial charge in [-0.25, -0.2) is 0 Å². The second-order valence-electron chi connectivity index (χ2n) is 6.16. The smallest absolute Gasteiger partial charge is 0.242 e. The Kier molecular flexibility index (Phi) is 10.4. The maximum Gasteiger partial charge on any atom is 0.242 e. The Bertz CT molecular complexity index is 485. The summed E-state index contributed by atoms with van der Waals surface area (Å²) in [5.74, 6) is 0.440. The van der Waals surface area contributed by atoms with Crippen LogP contribution in [0.25, 0.3) is 0 Å². The zero-order valence-electron chi connectivity index (χ0n) is 15.1. The van der Waals surface area contributed by atoms with Crippen LogP contribution in [0.2, 0.25) is 0 Å². The third-order valence-corrected chi connectivity index (χ3v) is 5.17. The summed E-state index contributed by atoms with van der Waals surface area (Å²) in [4.78, 5) is 48.0. The molecule has 0 spiro atoms. The second-order valence-corrected chi connectivity index (χ2v) is 7.47. The predicted molar refractivity (Wildman–Crippen MR) is 98.3 cm³/mol. The molecule has 8 heteroatoms. The third-order valence-electron chi connectivity index (χ3n) is 3.96. The van der Waals surface area contributed by atoms with Gasteiger partial charge in [0.1, 0.15) is 5.78 Å². The molecule has 1 heterocycles. The number of thioether (sulfide) groups is 1. The number of Topliss-reactive ketones (excluding diaryl/α,β-unsaturated/α-hetero) is 1. The molecule has 0 aromatic rings. The number of ketones is 1. The Morgan fingerprint density at radius 1 is 1.16 bits per heavy atom. The van der Waals surface area contributed by atoms with Gasteiger partial charge < -0.3 is 10.6 Å². The van der Waals surface area contributed by atoms with Crippen LogP contribution in [0, 0.1) is 0 Å². The average molecular weight is 372 g/mol. The molecule has 1 atom stereocenters. The van der Waals surface area contributed by atoms with Crippen LogP contribution >= 0.6 is 11.8 Å². The maximum atomic E-state index is 12.2. The number of nitrogens with zero attached hydrogens (tertiary/aromatic N) is 1.